The molecule has 0 spiro atoms. The number of amides is 1. The SMILES string of the molecule is CC1CC2CC(C)CC(COc3cc(F)c(C(=O)N4C[C@@H](O)[C@H](C)[C@H]4C(=O)O)cc3C3CC3)(C1)C2. The first-order chi connectivity index (χ1) is 16.6. The van der Waals surface area contributed by atoms with Gasteiger partial charge in [0, 0.05) is 23.9 Å². The number of carbonyl (C=O) groups is 2. The molecular weight excluding hydrogens is 449 g/mol. The van der Waals surface area contributed by atoms with Crippen molar-refractivity contribution in [1.29, 1.82) is 0 Å². The maximum absolute atomic E-state index is 15.3. The van der Waals surface area contributed by atoms with Crippen LogP contribution in [0.15, 0.2) is 12.1 Å². The van der Waals surface area contributed by atoms with Gasteiger partial charge in [0.2, 0.25) is 0 Å². The van der Waals surface area contributed by atoms with E-state index in [0.717, 1.165) is 42.1 Å². The molecule has 5 atom stereocenters. The molecule has 2 bridgehead atoms. The van der Waals surface area contributed by atoms with Gasteiger partial charge in [-0.2, -0.15) is 0 Å². The van der Waals surface area contributed by atoms with Gasteiger partial charge in [-0.3, -0.25) is 4.79 Å². The van der Waals surface area contributed by atoms with Gasteiger partial charge in [-0.1, -0.05) is 20.8 Å². The van der Waals surface area contributed by atoms with Gasteiger partial charge in [0.1, 0.15) is 17.6 Å². The van der Waals surface area contributed by atoms with E-state index in [1.807, 2.05) is 0 Å². The third-order valence-electron chi connectivity index (χ3n) is 8.98. The number of hydrogen-bond donors (Lipinski definition) is 2. The first-order valence-corrected chi connectivity index (χ1v) is 13.2. The van der Waals surface area contributed by atoms with Gasteiger partial charge in [0.15, 0.2) is 0 Å². The van der Waals surface area contributed by atoms with E-state index < -0.39 is 35.8 Å². The number of ether oxygens (including phenoxy) is 1. The molecular formula is C28H38FNO5. The molecule has 5 rings (SSSR count). The predicted molar refractivity (Wildman–Crippen MR) is 129 cm³/mol. The molecule has 1 aromatic rings. The lowest BCUT2D eigenvalue weighted by Gasteiger charge is -2.49. The van der Waals surface area contributed by atoms with Crippen LogP contribution in [0.1, 0.15) is 87.6 Å². The summed E-state index contributed by atoms with van der Waals surface area (Å²) >= 11 is 0. The lowest BCUT2D eigenvalue weighted by atomic mass is 9.57. The lowest BCUT2D eigenvalue weighted by Crippen LogP contribution is -2.43. The first kappa shape index (κ1) is 24.5. The van der Waals surface area contributed by atoms with Crippen molar-refractivity contribution in [2.24, 2.45) is 29.1 Å². The van der Waals surface area contributed by atoms with E-state index in [4.69, 9.17) is 4.74 Å². The molecule has 2 N–H and O–H groups in total. The minimum atomic E-state index is -1.19. The first-order valence-electron chi connectivity index (χ1n) is 13.2. The summed E-state index contributed by atoms with van der Waals surface area (Å²) in [4.78, 5) is 26.1. The number of halogens is 1. The number of carboxylic acid groups (broad SMARTS) is 1. The minimum absolute atomic E-state index is 0.118. The predicted octanol–water partition coefficient (Wildman–Crippen LogP) is 4.84. The fraction of sp³-hybridized carbons (Fsp3) is 0.714. The molecule has 1 aliphatic heterocycles. The molecule has 35 heavy (non-hydrogen) atoms. The molecule has 192 valence electrons. The average molecular weight is 488 g/mol. The number of aliphatic carboxylic acids is 1. The number of nitrogens with zero attached hydrogens (tertiary/aromatic N) is 1. The number of hydrogen-bond acceptors (Lipinski definition) is 4. The van der Waals surface area contributed by atoms with Crippen LogP contribution in [0.2, 0.25) is 0 Å². The Hall–Kier alpha value is -2.15. The van der Waals surface area contributed by atoms with Gasteiger partial charge < -0.3 is 19.8 Å². The molecule has 1 saturated heterocycles. The lowest BCUT2D eigenvalue weighted by molar-refractivity contribution is -0.142. The van der Waals surface area contributed by atoms with E-state index in [2.05, 4.69) is 13.8 Å². The van der Waals surface area contributed by atoms with Crippen LogP contribution in [-0.4, -0.2) is 52.3 Å². The Labute approximate surface area is 206 Å². The zero-order valence-corrected chi connectivity index (χ0v) is 21.0. The van der Waals surface area contributed by atoms with Crippen molar-refractivity contribution in [2.45, 2.75) is 83.8 Å². The number of likely N-dealkylation sites (tertiary alicyclic amines) is 1. The van der Waals surface area contributed by atoms with Crippen LogP contribution in [0.3, 0.4) is 0 Å². The zero-order chi connectivity index (χ0) is 25.1. The second-order valence-electron chi connectivity index (χ2n) is 12.3. The van der Waals surface area contributed by atoms with Crippen molar-refractivity contribution in [2.75, 3.05) is 13.2 Å². The summed E-state index contributed by atoms with van der Waals surface area (Å²) in [6.45, 7) is 6.71. The largest absolute Gasteiger partial charge is 0.493 e. The van der Waals surface area contributed by atoms with Crippen LogP contribution in [0, 0.1) is 34.9 Å². The number of β-amino-alcohol motifs (C(OH)–C–C–N with tert-alkyl or cyclic N) is 1. The van der Waals surface area contributed by atoms with Crippen molar-refractivity contribution in [3.63, 3.8) is 0 Å². The maximum Gasteiger partial charge on any atom is 0.326 e. The van der Waals surface area contributed by atoms with Crippen LogP contribution < -0.4 is 4.74 Å². The van der Waals surface area contributed by atoms with Gasteiger partial charge in [0.25, 0.3) is 5.91 Å². The topological polar surface area (TPSA) is 87.1 Å². The fourth-order valence-corrected chi connectivity index (χ4v) is 7.59. The molecule has 7 heteroatoms. The highest BCUT2D eigenvalue weighted by Gasteiger charge is 2.47. The summed E-state index contributed by atoms with van der Waals surface area (Å²) < 4.78 is 21.7. The highest BCUT2D eigenvalue weighted by atomic mass is 19.1. The standard InChI is InChI=1S/C28H38FNO5/c1-15-6-18-7-16(2)11-28(10-15,12-18)14-35-24-9-22(29)21(8-20(24)19-4-5-19)26(32)30-13-23(31)17(3)25(30)27(33)34/h8-9,15-19,23,25,31H,4-7,10-14H2,1-3H3,(H,33,34)/t15?,16?,17-,18?,23+,25-,28?/m0/s1. The molecule has 4 fully saturated rings. The van der Waals surface area contributed by atoms with Crippen LogP contribution in [-0.2, 0) is 4.79 Å². The average Bonchev–Trinajstić information content (AvgIpc) is 3.56. The highest BCUT2D eigenvalue weighted by molar-refractivity contribution is 5.97. The molecule has 3 aliphatic carbocycles. The smallest absolute Gasteiger partial charge is 0.326 e. The Kier molecular flexibility index (Phi) is 6.35. The van der Waals surface area contributed by atoms with Gasteiger partial charge in [-0.15, -0.1) is 0 Å². The molecule has 2 unspecified atom stereocenters. The van der Waals surface area contributed by atoms with Gasteiger partial charge in [-0.25, -0.2) is 9.18 Å². The van der Waals surface area contributed by atoms with E-state index in [-0.39, 0.29) is 23.4 Å². The van der Waals surface area contributed by atoms with E-state index in [9.17, 15) is 19.8 Å². The fourth-order valence-electron chi connectivity index (χ4n) is 7.59. The molecule has 4 aliphatic rings. The van der Waals surface area contributed by atoms with Crippen molar-refractivity contribution in [1.82, 2.24) is 4.90 Å². The van der Waals surface area contributed by atoms with Crippen LogP contribution in [0.5, 0.6) is 5.75 Å². The molecule has 1 amide bonds. The summed E-state index contributed by atoms with van der Waals surface area (Å²) in [6.07, 6.45) is 6.99. The number of benzene rings is 1. The second-order valence-corrected chi connectivity index (χ2v) is 12.3. The van der Waals surface area contributed by atoms with Gasteiger partial charge in [0.05, 0.1) is 18.3 Å². The van der Waals surface area contributed by atoms with E-state index in [1.54, 1.807) is 13.0 Å². The Bertz CT molecular complexity index is 988. The summed E-state index contributed by atoms with van der Waals surface area (Å²) in [5.41, 5.74) is 0.834. The zero-order valence-electron chi connectivity index (χ0n) is 21.0. The second kappa shape index (κ2) is 9.06. The third kappa shape index (κ3) is 4.68. The van der Waals surface area contributed by atoms with Crippen molar-refractivity contribution < 1.29 is 28.9 Å². The number of aliphatic hydroxyl groups is 1. The molecule has 6 nitrogen and oxygen atoms in total. The summed E-state index contributed by atoms with van der Waals surface area (Å²) in [7, 11) is 0. The molecule has 3 saturated carbocycles. The molecule has 1 aromatic carbocycles. The highest BCUT2D eigenvalue weighted by Crippen LogP contribution is 2.53. The summed E-state index contributed by atoms with van der Waals surface area (Å²) in [5.74, 6) is -0.354. The number of rotatable bonds is 6. The number of aliphatic hydroxyl groups excluding tert-OH is 1. The summed E-state index contributed by atoms with van der Waals surface area (Å²) in [5, 5.41) is 19.8. The molecule has 0 aromatic heterocycles. The van der Waals surface area contributed by atoms with Gasteiger partial charge >= 0.3 is 5.97 Å². The van der Waals surface area contributed by atoms with Crippen LogP contribution in [0.25, 0.3) is 0 Å². The minimum Gasteiger partial charge on any atom is -0.493 e. The third-order valence-corrected chi connectivity index (χ3v) is 8.98. The number of fused-ring (bicyclic) bond motifs is 2. The monoisotopic (exact) mass is 487 g/mol. The van der Waals surface area contributed by atoms with E-state index in [1.165, 1.54) is 25.3 Å². The Morgan fingerprint density at radius 2 is 1.77 bits per heavy atom. The van der Waals surface area contributed by atoms with Crippen molar-refractivity contribution in [3.05, 3.63) is 29.1 Å². The maximum atomic E-state index is 15.3. The Morgan fingerprint density at radius 3 is 2.37 bits per heavy atom. The Balaban J connectivity index is 1.40. The van der Waals surface area contributed by atoms with Crippen LogP contribution >= 0.6 is 0 Å². The Morgan fingerprint density at radius 1 is 1.11 bits per heavy atom. The normalized spacial score (nSPS) is 36.8. The number of carbonyl (C=O) groups excluding carboxylic acids is 1. The summed E-state index contributed by atoms with van der Waals surface area (Å²) in [6, 6.07) is 1.73. The van der Waals surface area contributed by atoms with E-state index in [0.29, 0.717) is 24.2 Å². The van der Waals surface area contributed by atoms with Crippen molar-refractivity contribution >= 4 is 11.9 Å². The van der Waals surface area contributed by atoms with Crippen molar-refractivity contribution in [3.8, 4) is 5.75 Å². The number of carboxylic acids is 1. The van der Waals surface area contributed by atoms with Gasteiger partial charge in [-0.05, 0) is 80.2 Å². The molecule has 1 heterocycles. The quantitative estimate of drug-likeness (QED) is 0.600. The molecule has 0 radical (unpaired) electrons. The van der Waals surface area contributed by atoms with Crippen LogP contribution in [0.4, 0.5) is 4.39 Å². The van der Waals surface area contributed by atoms with E-state index >= 15 is 4.39 Å².